The van der Waals surface area contributed by atoms with E-state index in [4.69, 9.17) is 11.5 Å². The molecule has 0 radical (unpaired) electrons. The smallest absolute Gasteiger partial charge is 0.0459 e. The molecule has 0 fully saturated rings. The van der Waals surface area contributed by atoms with Gasteiger partial charge in [-0.05, 0) is 52.3 Å². The lowest BCUT2D eigenvalue weighted by Crippen LogP contribution is -1.86. The summed E-state index contributed by atoms with van der Waals surface area (Å²) >= 11 is 5.07. The fraction of sp³-hybridized carbons (Fsp3) is 0. The zero-order valence-corrected chi connectivity index (χ0v) is 10.9. The molecule has 0 saturated heterocycles. The molecule has 0 aromatic heterocycles. The third-order valence-corrected chi connectivity index (χ3v) is 3.73. The maximum atomic E-state index is 5.73. The SMILES string of the molecule is Nc1cccc(Sc2ccc(N)c(Br)c2)c1. The fourth-order valence-electron chi connectivity index (χ4n) is 1.29. The summed E-state index contributed by atoms with van der Waals surface area (Å²) in [4.78, 5) is 2.25. The zero-order valence-electron chi connectivity index (χ0n) is 8.48. The number of nitrogens with two attached hydrogens (primary N) is 2. The third kappa shape index (κ3) is 2.71. The van der Waals surface area contributed by atoms with Gasteiger partial charge in [0.15, 0.2) is 0 Å². The topological polar surface area (TPSA) is 52.0 Å². The van der Waals surface area contributed by atoms with E-state index >= 15 is 0 Å². The highest BCUT2D eigenvalue weighted by Gasteiger charge is 2.00. The van der Waals surface area contributed by atoms with Gasteiger partial charge in [-0.1, -0.05) is 17.8 Å². The van der Waals surface area contributed by atoms with Gasteiger partial charge >= 0.3 is 0 Å². The predicted octanol–water partition coefficient (Wildman–Crippen LogP) is 3.76. The van der Waals surface area contributed by atoms with E-state index < -0.39 is 0 Å². The van der Waals surface area contributed by atoms with Crippen molar-refractivity contribution in [2.75, 3.05) is 11.5 Å². The highest BCUT2D eigenvalue weighted by Crippen LogP contribution is 2.32. The molecule has 16 heavy (non-hydrogen) atoms. The van der Waals surface area contributed by atoms with Crippen molar-refractivity contribution in [1.82, 2.24) is 0 Å². The number of hydrogen-bond donors (Lipinski definition) is 2. The molecule has 0 aliphatic heterocycles. The summed E-state index contributed by atoms with van der Waals surface area (Å²) < 4.78 is 0.918. The summed E-state index contributed by atoms with van der Waals surface area (Å²) in [7, 11) is 0. The summed E-state index contributed by atoms with van der Waals surface area (Å²) in [5, 5.41) is 0. The number of halogens is 1. The van der Waals surface area contributed by atoms with Crippen molar-refractivity contribution >= 4 is 39.1 Å². The molecule has 0 aliphatic rings. The van der Waals surface area contributed by atoms with Gasteiger partial charge in [0, 0.05) is 25.6 Å². The normalized spacial score (nSPS) is 10.3. The van der Waals surface area contributed by atoms with Crippen molar-refractivity contribution in [2.45, 2.75) is 9.79 Å². The van der Waals surface area contributed by atoms with E-state index in [0.717, 1.165) is 25.6 Å². The summed E-state index contributed by atoms with van der Waals surface area (Å²) in [5.74, 6) is 0. The van der Waals surface area contributed by atoms with Gasteiger partial charge in [-0.2, -0.15) is 0 Å². The summed E-state index contributed by atoms with van der Waals surface area (Å²) in [6.45, 7) is 0. The molecular formula is C12H11BrN2S. The second-order valence-corrected chi connectivity index (χ2v) is 5.36. The molecule has 0 spiro atoms. The highest BCUT2D eigenvalue weighted by molar-refractivity contribution is 9.10. The zero-order chi connectivity index (χ0) is 11.5. The van der Waals surface area contributed by atoms with Crippen LogP contribution in [0.2, 0.25) is 0 Å². The standard InChI is InChI=1S/C12H11BrN2S/c13-11-7-10(4-5-12(11)15)16-9-3-1-2-8(14)6-9/h1-7H,14-15H2. The molecule has 0 saturated carbocycles. The molecule has 2 aromatic carbocycles. The molecule has 0 unspecified atom stereocenters. The molecule has 2 nitrogen and oxygen atoms in total. The minimum atomic E-state index is 0.747. The van der Waals surface area contributed by atoms with Crippen molar-refractivity contribution in [3.05, 3.63) is 46.9 Å². The quantitative estimate of drug-likeness (QED) is 0.829. The van der Waals surface area contributed by atoms with E-state index in [9.17, 15) is 0 Å². The Morgan fingerprint density at radius 1 is 0.938 bits per heavy atom. The summed E-state index contributed by atoms with van der Waals surface area (Å²) in [6, 6.07) is 13.7. The van der Waals surface area contributed by atoms with Crippen LogP contribution in [-0.2, 0) is 0 Å². The van der Waals surface area contributed by atoms with Crippen LogP contribution in [0.25, 0.3) is 0 Å². The minimum Gasteiger partial charge on any atom is -0.399 e. The molecule has 2 aromatic rings. The number of nitrogen functional groups attached to an aromatic ring is 2. The molecular weight excluding hydrogens is 284 g/mol. The molecule has 0 amide bonds. The Morgan fingerprint density at radius 3 is 2.38 bits per heavy atom. The first-order valence-corrected chi connectivity index (χ1v) is 6.34. The minimum absolute atomic E-state index is 0.747. The first-order valence-electron chi connectivity index (χ1n) is 4.73. The van der Waals surface area contributed by atoms with Gasteiger partial charge in [0.05, 0.1) is 0 Å². The Labute approximate surface area is 107 Å². The first kappa shape index (κ1) is 11.4. The Hall–Kier alpha value is -1.13. The molecule has 0 aliphatic carbocycles. The Kier molecular flexibility index (Phi) is 3.41. The van der Waals surface area contributed by atoms with Gasteiger partial charge in [0.25, 0.3) is 0 Å². The molecule has 0 bridgehead atoms. The van der Waals surface area contributed by atoms with E-state index in [1.807, 2.05) is 42.5 Å². The van der Waals surface area contributed by atoms with Crippen LogP contribution in [0, 0.1) is 0 Å². The number of anilines is 2. The third-order valence-electron chi connectivity index (χ3n) is 2.07. The van der Waals surface area contributed by atoms with E-state index in [1.54, 1.807) is 11.8 Å². The molecule has 0 atom stereocenters. The van der Waals surface area contributed by atoms with Gasteiger partial charge < -0.3 is 11.5 Å². The Bertz CT molecular complexity index is 514. The van der Waals surface area contributed by atoms with Gasteiger partial charge in [0.2, 0.25) is 0 Å². The lowest BCUT2D eigenvalue weighted by Gasteiger charge is -2.04. The van der Waals surface area contributed by atoms with E-state index in [1.165, 1.54) is 0 Å². The molecule has 2 rings (SSSR count). The van der Waals surface area contributed by atoms with Crippen molar-refractivity contribution < 1.29 is 0 Å². The van der Waals surface area contributed by atoms with Crippen LogP contribution in [0.3, 0.4) is 0 Å². The average Bonchev–Trinajstić information content (AvgIpc) is 2.24. The Morgan fingerprint density at radius 2 is 1.69 bits per heavy atom. The summed E-state index contributed by atoms with van der Waals surface area (Å²) in [6.07, 6.45) is 0. The molecule has 0 heterocycles. The van der Waals surface area contributed by atoms with Crippen LogP contribution in [-0.4, -0.2) is 0 Å². The fourth-order valence-corrected chi connectivity index (χ4v) is 2.74. The molecule has 4 N–H and O–H groups in total. The first-order chi connectivity index (χ1) is 7.65. The second kappa shape index (κ2) is 4.80. The van der Waals surface area contributed by atoms with Gasteiger partial charge in [-0.3, -0.25) is 0 Å². The van der Waals surface area contributed by atoms with Crippen LogP contribution in [0.15, 0.2) is 56.7 Å². The van der Waals surface area contributed by atoms with Crippen molar-refractivity contribution in [2.24, 2.45) is 0 Å². The van der Waals surface area contributed by atoms with Gasteiger partial charge in [-0.15, -0.1) is 0 Å². The van der Waals surface area contributed by atoms with E-state index in [-0.39, 0.29) is 0 Å². The van der Waals surface area contributed by atoms with Crippen molar-refractivity contribution in [3.63, 3.8) is 0 Å². The number of rotatable bonds is 2. The average molecular weight is 295 g/mol. The number of benzene rings is 2. The van der Waals surface area contributed by atoms with Gasteiger partial charge in [0.1, 0.15) is 0 Å². The number of hydrogen-bond acceptors (Lipinski definition) is 3. The van der Waals surface area contributed by atoms with Gasteiger partial charge in [-0.25, -0.2) is 0 Å². The van der Waals surface area contributed by atoms with Crippen molar-refractivity contribution in [1.29, 1.82) is 0 Å². The highest BCUT2D eigenvalue weighted by atomic mass is 79.9. The maximum Gasteiger partial charge on any atom is 0.0459 e. The lowest BCUT2D eigenvalue weighted by atomic mass is 10.3. The van der Waals surface area contributed by atoms with Crippen LogP contribution < -0.4 is 11.5 Å². The molecule has 82 valence electrons. The lowest BCUT2D eigenvalue weighted by molar-refractivity contribution is 1.39. The van der Waals surface area contributed by atoms with E-state index in [2.05, 4.69) is 15.9 Å². The van der Waals surface area contributed by atoms with E-state index in [0.29, 0.717) is 0 Å². The largest absolute Gasteiger partial charge is 0.399 e. The van der Waals surface area contributed by atoms with Crippen LogP contribution in [0.5, 0.6) is 0 Å². The Balaban J connectivity index is 2.24. The predicted molar refractivity (Wildman–Crippen MR) is 73.5 cm³/mol. The summed E-state index contributed by atoms with van der Waals surface area (Å²) in [5.41, 5.74) is 13.0. The molecule has 4 heteroatoms. The maximum absolute atomic E-state index is 5.73. The van der Waals surface area contributed by atoms with Crippen LogP contribution in [0.1, 0.15) is 0 Å². The van der Waals surface area contributed by atoms with Crippen LogP contribution >= 0.6 is 27.7 Å². The van der Waals surface area contributed by atoms with Crippen LogP contribution in [0.4, 0.5) is 11.4 Å². The van der Waals surface area contributed by atoms with Crippen molar-refractivity contribution in [3.8, 4) is 0 Å². The monoisotopic (exact) mass is 294 g/mol. The second-order valence-electron chi connectivity index (χ2n) is 3.36.